The van der Waals surface area contributed by atoms with E-state index in [1.807, 2.05) is 0 Å². The van der Waals surface area contributed by atoms with E-state index in [2.05, 4.69) is 37.4 Å². The smallest absolute Gasteiger partial charge is 0.223 e. The second kappa shape index (κ2) is 10.0. The summed E-state index contributed by atoms with van der Waals surface area (Å²) in [5.74, 6) is 0.372. The van der Waals surface area contributed by atoms with E-state index in [-0.39, 0.29) is 11.8 Å². The third-order valence-corrected chi connectivity index (χ3v) is 5.73. The number of carbonyl (C=O) groups is 1. The van der Waals surface area contributed by atoms with Crippen LogP contribution in [0.2, 0.25) is 0 Å². The Balaban J connectivity index is 1.70. The first-order valence-corrected chi connectivity index (χ1v) is 10.1. The van der Waals surface area contributed by atoms with Crippen LogP contribution >= 0.6 is 0 Å². The van der Waals surface area contributed by atoms with Gasteiger partial charge in [-0.1, -0.05) is 37.6 Å². The first-order valence-electron chi connectivity index (χ1n) is 10.1. The maximum Gasteiger partial charge on any atom is 0.223 e. The first kappa shape index (κ1) is 19.2. The van der Waals surface area contributed by atoms with Crippen LogP contribution in [0.3, 0.4) is 0 Å². The Bertz CT molecular complexity index is 441. The van der Waals surface area contributed by atoms with E-state index in [1.54, 1.807) is 0 Å². The Morgan fingerprint density at radius 3 is 2.67 bits per heavy atom. The van der Waals surface area contributed by atoms with Crippen molar-refractivity contribution in [2.45, 2.75) is 65.2 Å². The number of hydrogen-bond donors (Lipinski definition) is 1. The van der Waals surface area contributed by atoms with E-state index in [0.717, 1.165) is 32.2 Å². The fourth-order valence-electron chi connectivity index (χ4n) is 4.17. The predicted octanol–water partition coefficient (Wildman–Crippen LogP) is 4.21. The van der Waals surface area contributed by atoms with Gasteiger partial charge >= 0.3 is 0 Å². The summed E-state index contributed by atoms with van der Waals surface area (Å²) in [7, 11) is 0. The highest BCUT2D eigenvalue weighted by molar-refractivity contribution is 5.78. The molecule has 1 heterocycles. The fraction of sp³-hybridized carbons (Fsp3) is 0.762. The Morgan fingerprint density at radius 2 is 2.00 bits per heavy atom. The zero-order valence-corrected chi connectivity index (χ0v) is 15.9. The van der Waals surface area contributed by atoms with Crippen molar-refractivity contribution in [1.82, 2.24) is 5.32 Å². The highest BCUT2D eigenvalue weighted by atomic mass is 16.1. The van der Waals surface area contributed by atoms with Crippen molar-refractivity contribution < 1.29 is 9.28 Å². The van der Waals surface area contributed by atoms with Gasteiger partial charge in [0.1, 0.15) is 0 Å². The van der Waals surface area contributed by atoms with Gasteiger partial charge in [0.05, 0.1) is 26.2 Å². The molecule has 1 fully saturated rings. The van der Waals surface area contributed by atoms with E-state index in [1.165, 1.54) is 61.9 Å². The van der Waals surface area contributed by atoms with E-state index in [4.69, 9.17) is 0 Å². The Morgan fingerprint density at radius 1 is 1.21 bits per heavy atom. The number of piperidine rings is 1. The van der Waals surface area contributed by atoms with Crippen LogP contribution < -0.4 is 5.32 Å². The highest BCUT2D eigenvalue weighted by Crippen LogP contribution is 2.22. The van der Waals surface area contributed by atoms with Crippen LogP contribution in [0.25, 0.3) is 0 Å². The number of hydrogen-bond acceptors (Lipinski definition) is 1. The number of rotatable bonds is 9. The van der Waals surface area contributed by atoms with Crippen LogP contribution in [-0.4, -0.2) is 43.1 Å². The topological polar surface area (TPSA) is 29.1 Å². The molecule has 136 valence electrons. The Hall–Kier alpha value is -1.09. The highest BCUT2D eigenvalue weighted by Gasteiger charge is 2.29. The van der Waals surface area contributed by atoms with Gasteiger partial charge in [-0.05, 0) is 44.9 Å². The van der Waals surface area contributed by atoms with Gasteiger partial charge in [0.25, 0.3) is 0 Å². The molecule has 24 heavy (non-hydrogen) atoms. The number of likely N-dealkylation sites (tertiary alicyclic amines) is 1. The van der Waals surface area contributed by atoms with Crippen molar-refractivity contribution in [2.75, 3.05) is 32.7 Å². The molecule has 1 atom stereocenters. The van der Waals surface area contributed by atoms with Crippen LogP contribution in [0.4, 0.5) is 0 Å². The molecule has 1 aliphatic carbocycles. The molecule has 1 amide bonds. The van der Waals surface area contributed by atoms with Crippen molar-refractivity contribution in [1.29, 1.82) is 0 Å². The summed E-state index contributed by atoms with van der Waals surface area (Å²) in [5, 5.41) is 3.14. The van der Waals surface area contributed by atoms with Crippen LogP contribution in [0.15, 0.2) is 23.8 Å². The van der Waals surface area contributed by atoms with Gasteiger partial charge < -0.3 is 9.80 Å². The largest absolute Gasteiger partial charge is 0.356 e. The summed E-state index contributed by atoms with van der Waals surface area (Å²) in [5.41, 5.74) is 1.37. The maximum atomic E-state index is 12.4. The van der Waals surface area contributed by atoms with Gasteiger partial charge in [-0.25, -0.2) is 0 Å². The molecule has 0 unspecified atom stereocenters. The van der Waals surface area contributed by atoms with Crippen molar-refractivity contribution in [3.8, 4) is 0 Å². The molecule has 0 radical (unpaired) electrons. The minimum Gasteiger partial charge on any atom is -0.356 e. The van der Waals surface area contributed by atoms with Crippen LogP contribution in [0.5, 0.6) is 0 Å². The molecule has 1 aliphatic heterocycles. The monoisotopic (exact) mass is 333 g/mol. The second-order valence-electron chi connectivity index (χ2n) is 7.79. The molecule has 3 heteroatoms. The lowest BCUT2D eigenvalue weighted by molar-refractivity contribution is -0.932. The summed E-state index contributed by atoms with van der Waals surface area (Å²) < 4.78 is 1.26. The maximum absolute atomic E-state index is 12.4. The summed E-state index contributed by atoms with van der Waals surface area (Å²) >= 11 is 0. The number of allylic oxidation sites excluding steroid dienone is 3. The molecule has 0 saturated carbocycles. The SMILES string of the molecule is CCC[N+]1(CC[C@@H](C)C(=O)NCCC2=CCCC=C2)CCCCC1. The molecule has 0 spiro atoms. The Labute approximate surface area is 148 Å². The minimum absolute atomic E-state index is 0.134. The molecule has 0 aromatic rings. The third-order valence-electron chi connectivity index (χ3n) is 5.73. The van der Waals surface area contributed by atoms with Crippen molar-refractivity contribution >= 4 is 5.91 Å². The fourth-order valence-corrected chi connectivity index (χ4v) is 4.17. The van der Waals surface area contributed by atoms with E-state index in [9.17, 15) is 4.79 Å². The van der Waals surface area contributed by atoms with Crippen molar-refractivity contribution in [3.05, 3.63) is 23.8 Å². The van der Waals surface area contributed by atoms with E-state index in [0.29, 0.717) is 0 Å². The molecule has 0 bridgehead atoms. The third kappa shape index (κ3) is 6.08. The number of quaternary nitrogens is 1. The van der Waals surface area contributed by atoms with Gasteiger partial charge in [0.2, 0.25) is 5.91 Å². The number of nitrogens with one attached hydrogen (secondary N) is 1. The number of carbonyl (C=O) groups excluding carboxylic acids is 1. The van der Waals surface area contributed by atoms with Crippen LogP contribution in [0.1, 0.15) is 65.2 Å². The molecule has 1 saturated heterocycles. The van der Waals surface area contributed by atoms with Crippen LogP contribution in [-0.2, 0) is 4.79 Å². The lowest BCUT2D eigenvalue weighted by Crippen LogP contribution is -2.53. The molecular formula is C21H37N2O+. The zero-order chi connectivity index (χ0) is 17.3. The average molecular weight is 334 g/mol. The molecule has 1 N–H and O–H groups in total. The lowest BCUT2D eigenvalue weighted by atomic mass is 10.0. The van der Waals surface area contributed by atoms with Gasteiger partial charge in [-0.3, -0.25) is 4.79 Å². The predicted molar refractivity (Wildman–Crippen MR) is 102 cm³/mol. The van der Waals surface area contributed by atoms with Gasteiger partial charge in [0.15, 0.2) is 0 Å². The molecule has 3 nitrogen and oxygen atoms in total. The molecule has 0 aromatic heterocycles. The molecule has 2 rings (SSSR count). The number of amides is 1. The van der Waals surface area contributed by atoms with Gasteiger partial charge in [-0.15, -0.1) is 0 Å². The molecule has 0 aromatic carbocycles. The van der Waals surface area contributed by atoms with E-state index < -0.39 is 0 Å². The quantitative estimate of drug-likeness (QED) is 0.629. The zero-order valence-electron chi connectivity index (χ0n) is 15.9. The van der Waals surface area contributed by atoms with Crippen molar-refractivity contribution in [2.24, 2.45) is 5.92 Å². The minimum atomic E-state index is 0.134. The van der Waals surface area contributed by atoms with Gasteiger partial charge in [-0.2, -0.15) is 0 Å². The molecule has 2 aliphatic rings. The lowest BCUT2D eigenvalue weighted by Gasteiger charge is -2.42. The first-order chi connectivity index (χ1) is 11.7. The Kier molecular flexibility index (Phi) is 8.04. The number of nitrogens with zero attached hydrogens (tertiary/aromatic N) is 1. The van der Waals surface area contributed by atoms with Crippen molar-refractivity contribution in [3.63, 3.8) is 0 Å². The summed E-state index contributed by atoms with van der Waals surface area (Å²) in [6.07, 6.45) is 16.4. The summed E-state index contributed by atoms with van der Waals surface area (Å²) in [4.78, 5) is 12.4. The second-order valence-corrected chi connectivity index (χ2v) is 7.79. The average Bonchev–Trinajstić information content (AvgIpc) is 2.61. The van der Waals surface area contributed by atoms with Crippen LogP contribution in [0, 0.1) is 5.92 Å². The summed E-state index contributed by atoms with van der Waals surface area (Å²) in [6, 6.07) is 0. The summed E-state index contributed by atoms with van der Waals surface area (Å²) in [6.45, 7) is 10.3. The standard InChI is InChI=1S/C21H36N2O/c1-3-15-23(16-8-5-9-17-23)18-13-19(2)21(24)22-14-12-20-10-6-4-7-11-20/h6,10-11,19H,3-5,7-9,12-18H2,1-2H3/p+1/t19-/m1/s1. The van der Waals surface area contributed by atoms with E-state index >= 15 is 0 Å². The van der Waals surface area contributed by atoms with Gasteiger partial charge in [0, 0.05) is 18.9 Å². The normalized spacial score (nSPS) is 21.2. The molecular weight excluding hydrogens is 296 g/mol.